The van der Waals surface area contributed by atoms with Gasteiger partial charge in [0.1, 0.15) is 0 Å². The molecule has 1 aliphatic rings. The van der Waals surface area contributed by atoms with Crippen LogP contribution in [0, 0.1) is 5.92 Å². The Labute approximate surface area is 116 Å². The molecule has 0 spiro atoms. The molecule has 5 nitrogen and oxygen atoms in total. The van der Waals surface area contributed by atoms with E-state index in [4.69, 9.17) is 0 Å². The molecule has 19 heavy (non-hydrogen) atoms. The Morgan fingerprint density at radius 3 is 2.32 bits per heavy atom. The van der Waals surface area contributed by atoms with E-state index < -0.39 is 0 Å². The van der Waals surface area contributed by atoms with Crippen LogP contribution in [0.1, 0.15) is 33.6 Å². The van der Waals surface area contributed by atoms with E-state index in [-0.39, 0.29) is 17.7 Å². The first-order chi connectivity index (χ1) is 9.08. The fourth-order valence-corrected chi connectivity index (χ4v) is 2.45. The summed E-state index contributed by atoms with van der Waals surface area (Å²) in [6.45, 7) is 10.2. The van der Waals surface area contributed by atoms with Crippen molar-refractivity contribution >= 4 is 11.8 Å². The lowest BCUT2D eigenvalue weighted by Gasteiger charge is -2.35. The highest BCUT2D eigenvalue weighted by Crippen LogP contribution is 2.11. The van der Waals surface area contributed by atoms with Crippen molar-refractivity contribution in [2.75, 3.05) is 39.3 Å². The summed E-state index contributed by atoms with van der Waals surface area (Å²) >= 11 is 0. The van der Waals surface area contributed by atoms with Crippen LogP contribution in [0.3, 0.4) is 0 Å². The van der Waals surface area contributed by atoms with Gasteiger partial charge in [-0.2, -0.15) is 0 Å². The molecule has 5 heteroatoms. The van der Waals surface area contributed by atoms with Crippen molar-refractivity contribution in [1.82, 2.24) is 15.1 Å². The lowest BCUT2D eigenvalue weighted by molar-refractivity contribution is -0.137. The van der Waals surface area contributed by atoms with Crippen LogP contribution in [0.15, 0.2) is 0 Å². The molecule has 1 unspecified atom stereocenters. The summed E-state index contributed by atoms with van der Waals surface area (Å²) in [5.74, 6) is 0.459. The highest BCUT2D eigenvalue weighted by molar-refractivity contribution is 5.79. The zero-order chi connectivity index (χ0) is 14.3. The first-order valence-electron chi connectivity index (χ1n) is 7.36. The van der Waals surface area contributed by atoms with E-state index >= 15 is 0 Å². The minimum Gasteiger partial charge on any atom is -0.355 e. The second kappa shape index (κ2) is 8.15. The normalized spacial score (nSPS) is 18.2. The zero-order valence-electron chi connectivity index (χ0n) is 12.4. The highest BCUT2D eigenvalue weighted by Gasteiger charge is 2.24. The smallest absolute Gasteiger partial charge is 0.234 e. The van der Waals surface area contributed by atoms with E-state index in [0.717, 1.165) is 39.0 Å². The molecule has 110 valence electrons. The SMILES string of the molecule is CCCC(C)C(=O)N1CCN(CC(=O)NCC)CC1. The Hall–Kier alpha value is -1.10. The predicted molar refractivity (Wildman–Crippen MR) is 75.8 cm³/mol. The number of hydrogen-bond donors (Lipinski definition) is 1. The molecule has 0 aromatic rings. The van der Waals surface area contributed by atoms with Gasteiger partial charge < -0.3 is 10.2 Å². The maximum Gasteiger partial charge on any atom is 0.234 e. The number of carbonyl (C=O) groups is 2. The summed E-state index contributed by atoms with van der Waals surface area (Å²) in [7, 11) is 0. The molecule has 2 amide bonds. The van der Waals surface area contributed by atoms with Gasteiger partial charge in [0.2, 0.25) is 11.8 Å². The maximum absolute atomic E-state index is 12.1. The van der Waals surface area contributed by atoms with Crippen LogP contribution in [0.5, 0.6) is 0 Å². The third-order valence-electron chi connectivity index (χ3n) is 3.57. The Morgan fingerprint density at radius 2 is 1.79 bits per heavy atom. The van der Waals surface area contributed by atoms with Crippen molar-refractivity contribution in [2.24, 2.45) is 5.92 Å². The number of carbonyl (C=O) groups excluding carboxylic acids is 2. The van der Waals surface area contributed by atoms with Gasteiger partial charge >= 0.3 is 0 Å². The Bertz CT molecular complexity index is 299. The van der Waals surface area contributed by atoms with Gasteiger partial charge in [-0.05, 0) is 13.3 Å². The maximum atomic E-state index is 12.1. The number of piperazine rings is 1. The average Bonchev–Trinajstić information content (AvgIpc) is 2.39. The van der Waals surface area contributed by atoms with Crippen molar-refractivity contribution in [3.8, 4) is 0 Å². The molecule has 0 aromatic carbocycles. The summed E-state index contributed by atoms with van der Waals surface area (Å²) in [5, 5.41) is 2.80. The van der Waals surface area contributed by atoms with E-state index in [1.54, 1.807) is 0 Å². The molecule has 0 aliphatic carbocycles. The van der Waals surface area contributed by atoms with E-state index in [1.165, 1.54) is 0 Å². The molecule has 1 aliphatic heterocycles. The van der Waals surface area contributed by atoms with Crippen LogP contribution in [0.2, 0.25) is 0 Å². The molecule has 0 radical (unpaired) electrons. The van der Waals surface area contributed by atoms with Gasteiger partial charge in [-0.3, -0.25) is 14.5 Å². The average molecular weight is 269 g/mol. The second-order valence-electron chi connectivity index (χ2n) is 5.24. The topological polar surface area (TPSA) is 52.7 Å². The van der Waals surface area contributed by atoms with E-state index in [1.807, 2.05) is 18.7 Å². The number of rotatable bonds is 6. The molecule has 1 heterocycles. The van der Waals surface area contributed by atoms with Gasteiger partial charge in [-0.25, -0.2) is 0 Å². The molecule has 1 saturated heterocycles. The van der Waals surface area contributed by atoms with Gasteiger partial charge in [0, 0.05) is 38.6 Å². The summed E-state index contributed by atoms with van der Waals surface area (Å²) in [5.41, 5.74) is 0. The summed E-state index contributed by atoms with van der Waals surface area (Å²) in [6, 6.07) is 0. The van der Waals surface area contributed by atoms with Crippen molar-refractivity contribution in [3.63, 3.8) is 0 Å². The van der Waals surface area contributed by atoms with Crippen LogP contribution < -0.4 is 5.32 Å². The largest absolute Gasteiger partial charge is 0.355 e. The Kier molecular flexibility index (Phi) is 6.84. The number of hydrogen-bond acceptors (Lipinski definition) is 3. The highest BCUT2D eigenvalue weighted by atomic mass is 16.2. The molecule has 1 rings (SSSR count). The first-order valence-corrected chi connectivity index (χ1v) is 7.36. The molecule has 0 aromatic heterocycles. The molecule has 0 bridgehead atoms. The van der Waals surface area contributed by atoms with Crippen LogP contribution in [-0.4, -0.2) is 60.9 Å². The third kappa shape index (κ3) is 5.19. The molecular formula is C14H27N3O2. The first kappa shape index (κ1) is 16.0. The number of nitrogens with one attached hydrogen (secondary N) is 1. The van der Waals surface area contributed by atoms with Crippen molar-refractivity contribution in [3.05, 3.63) is 0 Å². The molecule has 1 atom stereocenters. The number of amides is 2. The van der Waals surface area contributed by atoms with Crippen LogP contribution >= 0.6 is 0 Å². The van der Waals surface area contributed by atoms with Gasteiger partial charge in [0.25, 0.3) is 0 Å². The minimum absolute atomic E-state index is 0.0710. The van der Waals surface area contributed by atoms with Crippen molar-refractivity contribution < 1.29 is 9.59 Å². The molecular weight excluding hydrogens is 242 g/mol. The van der Waals surface area contributed by atoms with Crippen molar-refractivity contribution in [2.45, 2.75) is 33.6 Å². The zero-order valence-corrected chi connectivity index (χ0v) is 12.4. The van der Waals surface area contributed by atoms with Crippen LogP contribution in [0.4, 0.5) is 0 Å². The van der Waals surface area contributed by atoms with Gasteiger partial charge in [0.15, 0.2) is 0 Å². The Morgan fingerprint density at radius 1 is 1.16 bits per heavy atom. The fourth-order valence-electron chi connectivity index (χ4n) is 2.45. The summed E-state index contributed by atoms with van der Waals surface area (Å²) in [4.78, 5) is 27.7. The second-order valence-corrected chi connectivity index (χ2v) is 5.24. The number of likely N-dealkylation sites (N-methyl/N-ethyl adjacent to an activating group) is 1. The minimum atomic E-state index is 0.0710. The Balaban J connectivity index is 2.32. The van der Waals surface area contributed by atoms with Crippen molar-refractivity contribution in [1.29, 1.82) is 0 Å². The monoisotopic (exact) mass is 269 g/mol. The lowest BCUT2D eigenvalue weighted by Crippen LogP contribution is -2.52. The van der Waals surface area contributed by atoms with Gasteiger partial charge in [-0.15, -0.1) is 0 Å². The van der Waals surface area contributed by atoms with Crippen LogP contribution in [0.25, 0.3) is 0 Å². The molecule has 1 fully saturated rings. The standard InChI is InChI=1S/C14H27N3O2/c1-4-6-12(3)14(19)17-9-7-16(8-10-17)11-13(18)15-5-2/h12H,4-11H2,1-3H3,(H,15,18). The van der Waals surface area contributed by atoms with Crippen LogP contribution in [-0.2, 0) is 9.59 Å². The number of nitrogens with zero attached hydrogens (tertiary/aromatic N) is 2. The lowest BCUT2D eigenvalue weighted by atomic mass is 10.0. The summed E-state index contributed by atoms with van der Waals surface area (Å²) in [6.07, 6.45) is 2.00. The molecule has 1 N–H and O–H groups in total. The quantitative estimate of drug-likeness (QED) is 0.772. The van der Waals surface area contributed by atoms with Gasteiger partial charge in [0.05, 0.1) is 6.54 Å². The predicted octanol–water partition coefficient (Wildman–Crippen LogP) is 0.703. The summed E-state index contributed by atoms with van der Waals surface area (Å²) < 4.78 is 0. The van der Waals surface area contributed by atoms with Gasteiger partial charge in [-0.1, -0.05) is 20.3 Å². The molecule has 0 saturated carbocycles. The third-order valence-corrected chi connectivity index (χ3v) is 3.57. The van der Waals surface area contributed by atoms with E-state index in [0.29, 0.717) is 13.1 Å². The van der Waals surface area contributed by atoms with E-state index in [9.17, 15) is 9.59 Å². The van der Waals surface area contributed by atoms with E-state index in [2.05, 4.69) is 17.1 Å². The fraction of sp³-hybridized carbons (Fsp3) is 0.857.